The van der Waals surface area contributed by atoms with E-state index in [1.165, 1.54) is 6.42 Å². The molecule has 2 aliphatic rings. The number of aliphatic hydroxyl groups excluding tert-OH is 1. The van der Waals surface area contributed by atoms with Gasteiger partial charge >= 0.3 is 6.03 Å². The Balaban J connectivity index is 1.48. The van der Waals surface area contributed by atoms with Gasteiger partial charge in [0.05, 0.1) is 32.3 Å². The van der Waals surface area contributed by atoms with Gasteiger partial charge in [-0.3, -0.25) is 4.79 Å². The summed E-state index contributed by atoms with van der Waals surface area (Å²) >= 11 is 0. The zero-order chi connectivity index (χ0) is 21.3. The van der Waals surface area contributed by atoms with Crippen LogP contribution in [-0.4, -0.2) is 55.1 Å². The van der Waals surface area contributed by atoms with Gasteiger partial charge in [-0.15, -0.1) is 0 Å². The number of rotatable bonds is 7. The lowest BCUT2D eigenvalue weighted by Gasteiger charge is -2.32. The van der Waals surface area contributed by atoms with Crippen molar-refractivity contribution in [3.05, 3.63) is 36.4 Å². The topological polar surface area (TPSA) is 109 Å². The largest absolute Gasteiger partial charge is 0.497 e. The summed E-state index contributed by atoms with van der Waals surface area (Å²) in [6, 6.07) is 6.31. The number of aliphatic hydroxyl groups is 1. The van der Waals surface area contributed by atoms with E-state index in [1.54, 1.807) is 43.5 Å². The van der Waals surface area contributed by atoms with Crippen LogP contribution in [0.3, 0.4) is 0 Å². The summed E-state index contributed by atoms with van der Waals surface area (Å²) in [5, 5.41) is 18.3. The predicted octanol–water partition coefficient (Wildman–Crippen LogP) is 2.34. The lowest BCUT2D eigenvalue weighted by molar-refractivity contribution is -0.126. The number of carbonyl (C=O) groups is 2. The molecule has 1 heterocycles. The summed E-state index contributed by atoms with van der Waals surface area (Å²) in [4.78, 5) is 24.6. The molecule has 1 aliphatic heterocycles. The molecule has 0 spiro atoms. The van der Waals surface area contributed by atoms with Crippen molar-refractivity contribution in [1.82, 2.24) is 10.6 Å². The molecule has 1 fully saturated rings. The van der Waals surface area contributed by atoms with Crippen LogP contribution in [0, 0.1) is 0 Å². The molecule has 1 saturated carbocycles. The molecule has 0 saturated heterocycles. The lowest BCUT2D eigenvalue weighted by Crippen LogP contribution is -2.50. The summed E-state index contributed by atoms with van der Waals surface area (Å²) in [5.74, 6) is 0.653. The highest BCUT2D eigenvalue weighted by atomic mass is 16.5. The highest BCUT2D eigenvalue weighted by Crippen LogP contribution is 2.20. The van der Waals surface area contributed by atoms with Crippen molar-refractivity contribution in [1.29, 1.82) is 0 Å². The fraction of sp³-hybridized carbons (Fsp3) is 0.545. The number of carbonyl (C=O) groups excluding carboxylic acids is 2. The Morgan fingerprint density at radius 1 is 1.10 bits per heavy atom. The van der Waals surface area contributed by atoms with Crippen LogP contribution in [0.15, 0.2) is 36.4 Å². The number of hydrogen-bond acceptors (Lipinski definition) is 5. The van der Waals surface area contributed by atoms with Crippen LogP contribution in [0.5, 0.6) is 5.75 Å². The molecule has 1 aromatic rings. The first-order chi connectivity index (χ1) is 14.6. The third kappa shape index (κ3) is 6.47. The average Bonchev–Trinajstić information content (AvgIpc) is 2.76. The minimum absolute atomic E-state index is 0.0445. The van der Waals surface area contributed by atoms with Gasteiger partial charge in [-0.05, 0) is 37.1 Å². The van der Waals surface area contributed by atoms with Crippen LogP contribution in [0.1, 0.15) is 38.5 Å². The Labute approximate surface area is 177 Å². The van der Waals surface area contributed by atoms with Crippen LogP contribution >= 0.6 is 0 Å². The molecule has 0 aromatic heterocycles. The number of amides is 3. The first-order valence-electron chi connectivity index (χ1n) is 10.5. The number of urea groups is 1. The normalized spacial score (nSPS) is 24.1. The first kappa shape index (κ1) is 22.1. The molecule has 4 N–H and O–H groups in total. The molecule has 3 atom stereocenters. The van der Waals surface area contributed by atoms with Gasteiger partial charge < -0.3 is 30.5 Å². The second-order valence-electron chi connectivity index (χ2n) is 7.74. The predicted molar refractivity (Wildman–Crippen MR) is 113 cm³/mol. The monoisotopic (exact) mass is 417 g/mol. The maximum atomic E-state index is 12.3. The minimum Gasteiger partial charge on any atom is -0.497 e. The first-order valence-corrected chi connectivity index (χ1v) is 10.5. The third-order valence-electron chi connectivity index (χ3n) is 5.47. The van der Waals surface area contributed by atoms with Crippen molar-refractivity contribution in [2.75, 3.05) is 19.0 Å². The Hall–Kier alpha value is -2.58. The van der Waals surface area contributed by atoms with Gasteiger partial charge in [0.15, 0.2) is 0 Å². The highest BCUT2D eigenvalue weighted by molar-refractivity contribution is 5.89. The van der Waals surface area contributed by atoms with Gasteiger partial charge in [0.2, 0.25) is 5.91 Å². The number of anilines is 1. The molecule has 8 heteroatoms. The van der Waals surface area contributed by atoms with Gasteiger partial charge in [-0.25, -0.2) is 4.79 Å². The van der Waals surface area contributed by atoms with Crippen LogP contribution in [0.4, 0.5) is 10.5 Å². The van der Waals surface area contributed by atoms with Crippen molar-refractivity contribution in [3.63, 3.8) is 0 Å². The van der Waals surface area contributed by atoms with E-state index in [1.807, 2.05) is 0 Å². The quantitative estimate of drug-likeness (QED) is 0.509. The molecule has 164 valence electrons. The van der Waals surface area contributed by atoms with E-state index in [9.17, 15) is 14.7 Å². The van der Waals surface area contributed by atoms with E-state index < -0.39 is 24.3 Å². The second kappa shape index (κ2) is 11.0. The van der Waals surface area contributed by atoms with Crippen LogP contribution in [-0.2, 0) is 9.53 Å². The summed E-state index contributed by atoms with van der Waals surface area (Å²) < 4.78 is 10.9. The maximum absolute atomic E-state index is 12.3. The van der Waals surface area contributed by atoms with E-state index in [0.29, 0.717) is 11.4 Å². The summed E-state index contributed by atoms with van der Waals surface area (Å²) in [6.45, 7) is -0.265. The third-order valence-corrected chi connectivity index (χ3v) is 5.47. The smallest absolute Gasteiger partial charge is 0.319 e. The van der Waals surface area contributed by atoms with Crippen molar-refractivity contribution in [3.8, 4) is 5.75 Å². The molecule has 0 bridgehead atoms. The molecule has 1 aliphatic carbocycles. The number of benzene rings is 1. The standard InChI is InChI=1S/C22H31N3O5/c1-29-17-9-7-16(8-10-17)24-22(28)25-19-12-11-18(30-20(19)14-26)13-21(27)23-15-5-3-2-4-6-15/h7-12,15,18-20,26H,2-6,13-14H2,1H3,(H,23,27)(H2,24,25,28)/t18-,19+,20-/m0/s1. The number of ether oxygens (including phenoxy) is 2. The lowest BCUT2D eigenvalue weighted by atomic mass is 9.95. The van der Waals surface area contributed by atoms with Gasteiger partial charge in [-0.1, -0.05) is 31.4 Å². The fourth-order valence-electron chi connectivity index (χ4n) is 3.85. The molecular formula is C22H31N3O5. The molecule has 0 radical (unpaired) electrons. The van der Waals surface area contributed by atoms with E-state index in [2.05, 4.69) is 16.0 Å². The van der Waals surface area contributed by atoms with Crippen molar-refractivity contribution >= 4 is 17.6 Å². The summed E-state index contributed by atoms with van der Waals surface area (Å²) in [5.41, 5.74) is 0.617. The Bertz CT molecular complexity index is 731. The van der Waals surface area contributed by atoms with Crippen LogP contribution in [0.2, 0.25) is 0 Å². The van der Waals surface area contributed by atoms with E-state index in [-0.39, 0.29) is 25.0 Å². The molecule has 1 aromatic carbocycles. The maximum Gasteiger partial charge on any atom is 0.319 e. The van der Waals surface area contributed by atoms with Crippen molar-refractivity contribution in [2.24, 2.45) is 0 Å². The van der Waals surface area contributed by atoms with Crippen molar-refractivity contribution < 1.29 is 24.2 Å². The SMILES string of the molecule is COc1ccc(NC(=O)N[C@@H]2C=C[C@@H](CC(=O)NC3CCCCC3)O[C@H]2CO)cc1. The second-order valence-corrected chi connectivity index (χ2v) is 7.74. The summed E-state index contributed by atoms with van der Waals surface area (Å²) in [6.07, 6.45) is 8.31. The van der Waals surface area contributed by atoms with E-state index >= 15 is 0 Å². The summed E-state index contributed by atoms with van der Waals surface area (Å²) in [7, 11) is 1.58. The fourth-order valence-corrected chi connectivity index (χ4v) is 3.85. The van der Waals surface area contributed by atoms with Gasteiger partial charge in [0.25, 0.3) is 0 Å². The molecule has 30 heavy (non-hydrogen) atoms. The van der Waals surface area contributed by atoms with Gasteiger partial charge in [0, 0.05) is 11.7 Å². The molecule has 0 unspecified atom stereocenters. The highest BCUT2D eigenvalue weighted by Gasteiger charge is 2.29. The van der Waals surface area contributed by atoms with E-state index in [0.717, 1.165) is 25.7 Å². The molecule has 3 amide bonds. The molecular weight excluding hydrogens is 386 g/mol. The number of hydrogen-bond donors (Lipinski definition) is 4. The Kier molecular flexibility index (Phi) is 8.10. The van der Waals surface area contributed by atoms with Crippen LogP contribution in [0.25, 0.3) is 0 Å². The number of nitrogens with one attached hydrogen (secondary N) is 3. The Morgan fingerprint density at radius 2 is 1.83 bits per heavy atom. The Morgan fingerprint density at radius 3 is 2.50 bits per heavy atom. The van der Waals surface area contributed by atoms with Gasteiger partial charge in [0.1, 0.15) is 11.9 Å². The zero-order valence-corrected chi connectivity index (χ0v) is 17.3. The van der Waals surface area contributed by atoms with Gasteiger partial charge in [-0.2, -0.15) is 0 Å². The van der Waals surface area contributed by atoms with E-state index in [4.69, 9.17) is 9.47 Å². The number of methoxy groups -OCH3 is 1. The van der Waals surface area contributed by atoms with Crippen LogP contribution < -0.4 is 20.7 Å². The average molecular weight is 418 g/mol. The minimum atomic E-state index is -0.621. The zero-order valence-electron chi connectivity index (χ0n) is 17.3. The molecule has 3 rings (SSSR count). The van der Waals surface area contributed by atoms with Crippen molar-refractivity contribution in [2.45, 2.75) is 62.8 Å². The molecule has 8 nitrogen and oxygen atoms in total.